The summed E-state index contributed by atoms with van der Waals surface area (Å²) in [4.78, 5) is 27.8. The maximum absolute atomic E-state index is 14.1. The van der Waals surface area contributed by atoms with Crippen molar-refractivity contribution in [2.45, 2.75) is 38.5 Å². The van der Waals surface area contributed by atoms with Crippen molar-refractivity contribution in [2.75, 3.05) is 34.0 Å². The molecule has 236 valence electrons. The van der Waals surface area contributed by atoms with E-state index in [0.717, 1.165) is 11.3 Å². The Morgan fingerprint density at radius 3 is 2.38 bits per heavy atom. The van der Waals surface area contributed by atoms with Gasteiger partial charge in [0, 0.05) is 29.3 Å². The Bertz CT molecular complexity index is 1650. The predicted octanol–water partition coefficient (Wildman–Crippen LogP) is 6.55. The van der Waals surface area contributed by atoms with E-state index in [9.17, 15) is 14.7 Å². The van der Waals surface area contributed by atoms with Crippen molar-refractivity contribution in [3.8, 4) is 28.7 Å². The van der Waals surface area contributed by atoms with E-state index in [1.807, 2.05) is 55.5 Å². The smallest absolute Gasteiger partial charge is 0.336 e. The molecule has 2 N–H and O–H groups in total. The van der Waals surface area contributed by atoms with Crippen molar-refractivity contribution in [2.24, 2.45) is 0 Å². The number of ether oxygens (including phenoxy) is 5. The van der Waals surface area contributed by atoms with Gasteiger partial charge in [0.05, 0.1) is 30.9 Å². The van der Waals surface area contributed by atoms with Gasteiger partial charge >= 0.3 is 5.97 Å². The molecular weight excluding hydrogens is 642 g/mol. The third-order valence-corrected chi connectivity index (χ3v) is 8.54. The van der Waals surface area contributed by atoms with Gasteiger partial charge in [0.1, 0.15) is 19.0 Å². The van der Waals surface area contributed by atoms with Crippen LogP contribution in [0.15, 0.2) is 87.7 Å². The molecule has 0 bridgehead atoms. The van der Waals surface area contributed by atoms with E-state index in [1.165, 1.54) is 0 Å². The standard InChI is InChI=1S/C35H36BrNO8/c1-5-43-30-19-23(15-25(36)34(30)39)32-31(35(40)45-14-13-44-24-9-7-6-8-10-24)20(2)37-26-16-22(17-27(38)33(26)32)21-11-12-28(41-3)29(18-21)42-4/h6-12,15,18-19,22,32,37,39H,5,13-14,16-17H2,1-4H3. The lowest BCUT2D eigenvalue weighted by Crippen LogP contribution is -2.36. The topological polar surface area (TPSA) is 113 Å². The molecule has 5 rings (SSSR count). The van der Waals surface area contributed by atoms with Crippen LogP contribution in [0.2, 0.25) is 0 Å². The van der Waals surface area contributed by atoms with E-state index >= 15 is 0 Å². The van der Waals surface area contributed by atoms with Crippen molar-refractivity contribution < 1.29 is 38.4 Å². The Morgan fingerprint density at radius 2 is 1.67 bits per heavy atom. The number of ketones is 1. The number of dihydropyridines is 1. The minimum Gasteiger partial charge on any atom is -0.503 e. The lowest BCUT2D eigenvalue weighted by Gasteiger charge is -2.37. The minimum absolute atomic E-state index is 0.0158. The number of hydrogen-bond acceptors (Lipinski definition) is 9. The summed E-state index contributed by atoms with van der Waals surface area (Å²) in [5, 5.41) is 14.0. The molecule has 45 heavy (non-hydrogen) atoms. The zero-order chi connectivity index (χ0) is 32.1. The van der Waals surface area contributed by atoms with Crippen LogP contribution in [0.25, 0.3) is 0 Å². The number of esters is 1. The second kappa shape index (κ2) is 14.1. The summed E-state index contributed by atoms with van der Waals surface area (Å²) < 4.78 is 28.4. The first kappa shape index (κ1) is 32.0. The first-order valence-electron chi connectivity index (χ1n) is 14.7. The molecule has 0 spiro atoms. The van der Waals surface area contributed by atoms with Crippen molar-refractivity contribution in [3.05, 3.63) is 98.8 Å². The summed E-state index contributed by atoms with van der Waals surface area (Å²) in [7, 11) is 3.16. The van der Waals surface area contributed by atoms with E-state index in [-0.39, 0.29) is 42.8 Å². The summed E-state index contributed by atoms with van der Waals surface area (Å²) >= 11 is 3.43. The second-order valence-electron chi connectivity index (χ2n) is 10.7. The van der Waals surface area contributed by atoms with Crippen molar-refractivity contribution in [1.82, 2.24) is 5.32 Å². The number of hydrogen-bond donors (Lipinski definition) is 2. The molecule has 0 fully saturated rings. The van der Waals surface area contributed by atoms with Gasteiger partial charge < -0.3 is 34.1 Å². The molecule has 9 nitrogen and oxygen atoms in total. The molecule has 2 aliphatic rings. The number of Topliss-reactive ketones (excluding diaryl/α,β-unsaturated/α-hetero) is 1. The minimum atomic E-state index is -0.751. The Kier molecular flexibility index (Phi) is 10.0. The highest BCUT2D eigenvalue weighted by molar-refractivity contribution is 9.10. The number of rotatable bonds is 11. The molecule has 1 heterocycles. The van der Waals surface area contributed by atoms with Gasteiger partial charge in [-0.1, -0.05) is 24.3 Å². The van der Waals surface area contributed by atoms with Crippen LogP contribution in [0.3, 0.4) is 0 Å². The average Bonchev–Trinajstić information content (AvgIpc) is 3.04. The van der Waals surface area contributed by atoms with Crippen LogP contribution >= 0.6 is 15.9 Å². The van der Waals surface area contributed by atoms with Crippen LogP contribution in [0, 0.1) is 0 Å². The highest BCUT2D eigenvalue weighted by Gasteiger charge is 2.42. The zero-order valence-electron chi connectivity index (χ0n) is 25.6. The lowest BCUT2D eigenvalue weighted by molar-refractivity contribution is -0.140. The molecule has 3 aromatic rings. The monoisotopic (exact) mass is 677 g/mol. The van der Waals surface area contributed by atoms with Gasteiger partial charge in [-0.2, -0.15) is 0 Å². The first-order chi connectivity index (χ1) is 21.7. The predicted molar refractivity (Wildman–Crippen MR) is 172 cm³/mol. The number of phenolic OH excluding ortho intramolecular Hbond substituents is 1. The largest absolute Gasteiger partial charge is 0.503 e. The molecule has 0 amide bonds. The number of carbonyl (C=O) groups is 2. The fourth-order valence-electron chi connectivity index (χ4n) is 5.90. The average molecular weight is 679 g/mol. The summed E-state index contributed by atoms with van der Waals surface area (Å²) in [5.41, 5.74) is 3.68. The third-order valence-electron chi connectivity index (χ3n) is 7.94. The highest BCUT2D eigenvalue weighted by atomic mass is 79.9. The van der Waals surface area contributed by atoms with E-state index < -0.39 is 11.9 Å². The number of para-hydroxylation sites is 1. The quantitative estimate of drug-likeness (QED) is 0.172. The molecule has 2 atom stereocenters. The maximum Gasteiger partial charge on any atom is 0.336 e. The molecule has 0 saturated heterocycles. The molecule has 3 aromatic carbocycles. The number of benzene rings is 3. The van der Waals surface area contributed by atoms with Crippen molar-refractivity contribution in [3.63, 3.8) is 0 Å². The van der Waals surface area contributed by atoms with Crippen LogP contribution in [-0.4, -0.2) is 50.9 Å². The number of allylic oxidation sites excluding steroid dienone is 3. The van der Waals surface area contributed by atoms with Crippen LogP contribution in [0.5, 0.6) is 28.7 Å². The van der Waals surface area contributed by atoms with E-state index in [4.69, 9.17) is 23.7 Å². The third kappa shape index (κ3) is 6.81. The Morgan fingerprint density at radius 1 is 0.933 bits per heavy atom. The van der Waals surface area contributed by atoms with Crippen molar-refractivity contribution in [1.29, 1.82) is 0 Å². The van der Waals surface area contributed by atoms with Gasteiger partial charge in [0.2, 0.25) is 0 Å². The first-order valence-corrected chi connectivity index (χ1v) is 15.5. The van der Waals surface area contributed by atoms with Crippen molar-refractivity contribution >= 4 is 27.7 Å². The van der Waals surface area contributed by atoms with Crippen LogP contribution in [-0.2, 0) is 14.3 Å². The Hall–Kier alpha value is -4.44. The molecule has 0 radical (unpaired) electrons. The van der Waals surface area contributed by atoms with Gasteiger partial charge in [-0.15, -0.1) is 0 Å². The summed E-state index contributed by atoms with van der Waals surface area (Å²) in [6, 6.07) is 18.3. The normalized spacial score (nSPS) is 17.8. The molecule has 0 saturated carbocycles. The van der Waals surface area contributed by atoms with E-state index in [1.54, 1.807) is 33.3 Å². The molecule has 2 unspecified atom stereocenters. The summed E-state index contributed by atoms with van der Waals surface area (Å²) in [6.45, 7) is 4.12. The van der Waals surface area contributed by atoms with Crippen LogP contribution in [0.1, 0.15) is 49.7 Å². The van der Waals surface area contributed by atoms with Gasteiger partial charge in [0.15, 0.2) is 28.8 Å². The maximum atomic E-state index is 14.1. The number of halogens is 1. The molecule has 0 aromatic heterocycles. The molecular formula is C35H36BrNO8. The molecule has 1 aliphatic carbocycles. The Balaban J connectivity index is 1.49. The van der Waals surface area contributed by atoms with E-state index in [0.29, 0.717) is 57.2 Å². The van der Waals surface area contributed by atoms with Crippen LogP contribution in [0.4, 0.5) is 0 Å². The number of carbonyl (C=O) groups excluding carboxylic acids is 2. The number of aromatic hydroxyl groups is 1. The zero-order valence-corrected chi connectivity index (χ0v) is 27.2. The lowest BCUT2D eigenvalue weighted by atomic mass is 9.71. The van der Waals surface area contributed by atoms with Crippen LogP contribution < -0.4 is 24.3 Å². The summed E-state index contributed by atoms with van der Waals surface area (Å²) in [6.07, 6.45) is 0.769. The Labute approximate surface area is 270 Å². The number of phenols is 1. The van der Waals surface area contributed by atoms with Gasteiger partial charge in [-0.25, -0.2) is 4.79 Å². The van der Waals surface area contributed by atoms with Gasteiger partial charge in [0.25, 0.3) is 0 Å². The van der Waals surface area contributed by atoms with Gasteiger partial charge in [-0.05, 0) is 89.6 Å². The summed E-state index contributed by atoms with van der Waals surface area (Å²) in [5.74, 6) is 0.525. The SMILES string of the molecule is CCOc1cc(C2C(C(=O)OCCOc3ccccc3)=C(C)NC3=C2C(=O)CC(c2ccc(OC)c(OC)c2)C3)cc(Br)c1O. The highest BCUT2D eigenvalue weighted by Crippen LogP contribution is 2.48. The molecule has 10 heteroatoms. The fourth-order valence-corrected chi connectivity index (χ4v) is 6.36. The number of nitrogens with one attached hydrogen (secondary N) is 1. The fraction of sp³-hybridized carbons (Fsp3) is 0.314. The number of methoxy groups -OCH3 is 2. The molecule has 1 aliphatic heterocycles. The van der Waals surface area contributed by atoms with E-state index in [2.05, 4.69) is 21.2 Å². The second-order valence-corrected chi connectivity index (χ2v) is 11.6. The van der Waals surface area contributed by atoms with Gasteiger partial charge in [-0.3, -0.25) is 4.79 Å².